The number of nitrogens with zero attached hydrogens (tertiary/aromatic N) is 1. The average Bonchev–Trinajstić information content (AvgIpc) is 2.62. The van der Waals surface area contributed by atoms with Gasteiger partial charge in [-0.3, -0.25) is 19.2 Å². The summed E-state index contributed by atoms with van der Waals surface area (Å²) in [5, 5.41) is 11.7. The second-order valence-corrected chi connectivity index (χ2v) is 6.38. The number of carboxylic acids is 1. The van der Waals surface area contributed by atoms with Gasteiger partial charge in [0.25, 0.3) is 5.91 Å². The Balaban J connectivity index is 1.98. The number of carbonyl (C=O) groups is 4. The highest BCUT2D eigenvalue weighted by Crippen LogP contribution is 2.17. The number of carboxylic acid groups (broad SMARTS) is 1. The SMILES string of the molecule is CC(=O)c1ccc(NC(=O)/C(C)=C\C(=O)N2CCCC(C(=O)O)C2)cc1. The number of benzene rings is 1. The number of hydrogen-bond acceptors (Lipinski definition) is 4. The van der Waals surface area contributed by atoms with Crippen LogP contribution in [0.15, 0.2) is 35.9 Å². The van der Waals surface area contributed by atoms with Crippen LogP contribution < -0.4 is 5.32 Å². The summed E-state index contributed by atoms with van der Waals surface area (Å²) in [4.78, 5) is 48.3. The first kappa shape index (κ1) is 19.4. The summed E-state index contributed by atoms with van der Waals surface area (Å²) in [5.74, 6) is -2.33. The molecule has 2 N–H and O–H groups in total. The van der Waals surface area contributed by atoms with Crippen molar-refractivity contribution in [1.82, 2.24) is 4.90 Å². The largest absolute Gasteiger partial charge is 0.481 e. The van der Waals surface area contributed by atoms with E-state index in [-0.39, 0.29) is 23.8 Å². The lowest BCUT2D eigenvalue weighted by Crippen LogP contribution is -2.41. The minimum Gasteiger partial charge on any atom is -0.481 e. The highest BCUT2D eigenvalue weighted by Gasteiger charge is 2.27. The predicted molar refractivity (Wildman–Crippen MR) is 95.8 cm³/mol. The zero-order chi connectivity index (χ0) is 19.3. The van der Waals surface area contributed by atoms with Crippen LogP contribution in [0.4, 0.5) is 5.69 Å². The predicted octanol–water partition coefficient (Wildman–Crippen LogP) is 2.10. The van der Waals surface area contributed by atoms with Gasteiger partial charge in [-0.25, -0.2) is 0 Å². The molecule has 1 aromatic carbocycles. The van der Waals surface area contributed by atoms with Crippen LogP contribution >= 0.6 is 0 Å². The number of anilines is 1. The Bertz CT molecular complexity index is 752. The van der Waals surface area contributed by atoms with E-state index in [1.807, 2.05) is 0 Å². The van der Waals surface area contributed by atoms with E-state index in [1.165, 1.54) is 24.8 Å². The summed E-state index contributed by atoms with van der Waals surface area (Å²) in [7, 11) is 0. The number of amides is 2. The molecular weight excluding hydrogens is 336 g/mol. The lowest BCUT2D eigenvalue weighted by Gasteiger charge is -2.30. The fraction of sp³-hybridized carbons (Fsp3) is 0.368. The maximum absolute atomic E-state index is 12.3. The van der Waals surface area contributed by atoms with Gasteiger partial charge < -0.3 is 15.3 Å². The maximum atomic E-state index is 12.3. The number of likely N-dealkylation sites (tertiary alicyclic amines) is 1. The van der Waals surface area contributed by atoms with Crippen molar-refractivity contribution in [2.75, 3.05) is 18.4 Å². The van der Waals surface area contributed by atoms with Crippen LogP contribution in [0, 0.1) is 5.92 Å². The van der Waals surface area contributed by atoms with E-state index in [0.29, 0.717) is 30.6 Å². The molecule has 1 aromatic rings. The summed E-state index contributed by atoms with van der Waals surface area (Å²) in [5.41, 5.74) is 1.29. The van der Waals surface area contributed by atoms with Gasteiger partial charge in [-0.1, -0.05) is 0 Å². The van der Waals surface area contributed by atoms with Gasteiger partial charge in [0.1, 0.15) is 0 Å². The molecule has 0 saturated carbocycles. The molecule has 0 spiro atoms. The van der Waals surface area contributed by atoms with Gasteiger partial charge in [0, 0.05) is 36.0 Å². The number of hydrogen-bond donors (Lipinski definition) is 2. The Labute approximate surface area is 151 Å². The number of rotatable bonds is 5. The van der Waals surface area contributed by atoms with E-state index in [0.717, 1.165) is 0 Å². The molecule has 1 heterocycles. The van der Waals surface area contributed by atoms with Crippen molar-refractivity contribution in [3.8, 4) is 0 Å². The van der Waals surface area contributed by atoms with Crippen molar-refractivity contribution >= 4 is 29.3 Å². The molecule has 26 heavy (non-hydrogen) atoms. The highest BCUT2D eigenvalue weighted by atomic mass is 16.4. The van der Waals surface area contributed by atoms with Crippen molar-refractivity contribution < 1.29 is 24.3 Å². The van der Waals surface area contributed by atoms with Gasteiger partial charge in [-0.2, -0.15) is 0 Å². The molecule has 1 atom stereocenters. The van der Waals surface area contributed by atoms with E-state index in [9.17, 15) is 19.2 Å². The van der Waals surface area contributed by atoms with Crippen molar-refractivity contribution in [3.63, 3.8) is 0 Å². The van der Waals surface area contributed by atoms with Crippen molar-refractivity contribution in [2.45, 2.75) is 26.7 Å². The minimum atomic E-state index is -0.907. The third-order valence-electron chi connectivity index (χ3n) is 4.33. The van der Waals surface area contributed by atoms with Crippen molar-refractivity contribution in [1.29, 1.82) is 0 Å². The van der Waals surface area contributed by atoms with Crippen LogP contribution in [0.1, 0.15) is 37.0 Å². The Morgan fingerprint density at radius 2 is 1.81 bits per heavy atom. The van der Waals surface area contributed by atoms with E-state index in [1.54, 1.807) is 24.3 Å². The zero-order valence-corrected chi connectivity index (χ0v) is 14.8. The molecule has 1 unspecified atom stereocenters. The van der Waals surface area contributed by atoms with E-state index in [2.05, 4.69) is 5.32 Å². The second kappa shape index (κ2) is 8.42. The van der Waals surface area contributed by atoms with E-state index < -0.39 is 17.8 Å². The smallest absolute Gasteiger partial charge is 0.308 e. The number of ketones is 1. The Morgan fingerprint density at radius 1 is 1.15 bits per heavy atom. The van der Waals surface area contributed by atoms with Crippen molar-refractivity contribution in [3.05, 3.63) is 41.5 Å². The lowest BCUT2D eigenvalue weighted by molar-refractivity contribution is -0.144. The van der Waals surface area contributed by atoms with Crippen LogP contribution in [0.3, 0.4) is 0 Å². The van der Waals surface area contributed by atoms with Gasteiger partial charge in [0.05, 0.1) is 5.92 Å². The molecule has 1 aliphatic heterocycles. The molecular formula is C19H22N2O5. The van der Waals surface area contributed by atoms with Gasteiger partial charge in [-0.15, -0.1) is 0 Å². The summed E-state index contributed by atoms with van der Waals surface area (Å²) in [6, 6.07) is 6.46. The first-order valence-corrected chi connectivity index (χ1v) is 8.40. The second-order valence-electron chi connectivity index (χ2n) is 6.38. The maximum Gasteiger partial charge on any atom is 0.308 e. The first-order valence-electron chi connectivity index (χ1n) is 8.40. The summed E-state index contributed by atoms with van der Waals surface area (Å²) >= 11 is 0. The van der Waals surface area contributed by atoms with Gasteiger partial charge >= 0.3 is 5.97 Å². The first-order chi connectivity index (χ1) is 12.3. The number of nitrogens with one attached hydrogen (secondary N) is 1. The quantitative estimate of drug-likeness (QED) is 0.620. The topological polar surface area (TPSA) is 104 Å². The molecule has 2 amide bonds. The normalized spacial score (nSPS) is 17.5. The van der Waals surface area contributed by atoms with Gasteiger partial charge in [0.2, 0.25) is 5.91 Å². The Hall–Kier alpha value is -2.96. The third-order valence-corrected chi connectivity index (χ3v) is 4.33. The molecule has 1 aliphatic rings. The van der Waals surface area contributed by atoms with E-state index >= 15 is 0 Å². The standard InChI is InChI=1S/C19H22N2O5/c1-12(10-17(23)21-9-3-4-15(11-21)19(25)26)18(24)20-16-7-5-14(6-8-16)13(2)22/h5-8,10,15H,3-4,9,11H2,1-2H3,(H,20,24)(H,25,26)/b12-10-. The van der Waals surface area contributed by atoms with Crippen LogP contribution in [0.5, 0.6) is 0 Å². The number of Topliss-reactive ketones (excluding diaryl/α,β-unsaturated/α-hetero) is 1. The Morgan fingerprint density at radius 3 is 2.38 bits per heavy atom. The Kier molecular flexibility index (Phi) is 6.27. The zero-order valence-electron chi connectivity index (χ0n) is 14.8. The van der Waals surface area contributed by atoms with E-state index in [4.69, 9.17) is 5.11 Å². The minimum absolute atomic E-state index is 0.0641. The fourth-order valence-corrected chi connectivity index (χ4v) is 2.74. The molecule has 1 saturated heterocycles. The molecule has 0 aromatic heterocycles. The van der Waals surface area contributed by atoms with Crippen LogP contribution in [0.2, 0.25) is 0 Å². The molecule has 0 radical (unpaired) electrons. The fourth-order valence-electron chi connectivity index (χ4n) is 2.74. The average molecular weight is 358 g/mol. The lowest BCUT2D eigenvalue weighted by atomic mass is 9.98. The molecule has 7 heteroatoms. The highest BCUT2D eigenvalue weighted by molar-refractivity contribution is 6.07. The summed E-state index contributed by atoms with van der Waals surface area (Å²) < 4.78 is 0. The number of piperidine rings is 1. The summed E-state index contributed by atoms with van der Waals surface area (Å²) in [6.45, 7) is 3.63. The third kappa shape index (κ3) is 5.02. The van der Waals surface area contributed by atoms with Crippen molar-refractivity contribution in [2.24, 2.45) is 5.92 Å². The summed E-state index contributed by atoms with van der Waals surface area (Å²) in [6.07, 6.45) is 2.41. The molecule has 7 nitrogen and oxygen atoms in total. The monoisotopic (exact) mass is 358 g/mol. The number of carbonyl (C=O) groups excluding carboxylic acids is 3. The van der Waals surface area contributed by atoms with Crippen LogP contribution in [-0.4, -0.2) is 46.7 Å². The molecule has 138 valence electrons. The van der Waals surface area contributed by atoms with Gasteiger partial charge in [-0.05, 0) is 51.0 Å². The van der Waals surface area contributed by atoms with Crippen LogP contribution in [0.25, 0.3) is 0 Å². The molecule has 2 rings (SSSR count). The molecule has 0 aliphatic carbocycles. The van der Waals surface area contributed by atoms with Crippen LogP contribution in [-0.2, 0) is 14.4 Å². The number of aliphatic carboxylic acids is 1. The molecule has 0 bridgehead atoms. The van der Waals surface area contributed by atoms with Gasteiger partial charge in [0.15, 0.2) is 5.78 Å². The molecule has 1 fully saturated rings.